The molecular formula is C30H37N9O2. The van der Waals surface area contributed by atoms with Gasteiger partial charge >= 0.3 is 0 Å². The fourth-order valence-electron chi connectivity index (χ4n) is 4.70. The SMILES string of the molecule is CN(CCc1ccccn1)C(=O)c1ccc2c(c1)nc(-c1ccc(N(C)C)cc1)n2[C@H](CCCN=C(N)N)C(N)=O. The van der Waals surface area contributed by atoms with Gasteiger partial charge in [0.15, 0.2) is 5.96 Å². The third-order valence-electron chi connectivity index (χ3n) is 6.92. The van der Waals surface area contributed by atoms with Gasteiger partial charge in [-0.3, -0.25) is 19.6 Å². The van der Waals surface area contributed by atoms with E-state index in [2.05, 4.69) is 9.98 Å². The van der Waals surface area contributed by atoms with Crippen LogP contribution >= 0.6 is 0 Å². The molecule has 0 aliphatic heterocycles. The lowest BCUT2D eigenvalue weighted by molar-refractivity contribution is -0.121. The fourth-order valence-corrected chi connectivity index (χ4v) is 4.70. The molecule has 0 aliphatic rings. The summed E-state index contributed by atoms with van der Waals surface area (Å²) in [5, 5.41) is 0. The number of hydrogen-bond acceptors (Lipinski definition) is 6. The number of anilines is 1. The maximum atomic E-state index is 13.3. The van der Waals surface area contributed by atoms with E-state index in [-0.39, 0.29) is 11.9 Å². The van der Waals surface area contributed by atoms with Crippen molar-refractivity contribution in [1.82, 2.24) is 19.4 Å². The molecule has 2 aromatic carbocycles. The molecule has 0 aliphatic carbocycles. The summed E-state index contributed by atoms with van der Waals surface area (Å²) in [5.74, 6) is -0.0332. The van der Waals surface area contributed by atoms with Gasteiger partial charge in [0.05, 0.1) is 11.0 Å². The Morgan fingerprint density at radius 3 is 2.39 bits per heavy atom. The van der Waals surface area contributed by atoms with Gasteiger partial charge in [-0.25, -0.2) is 4.98 Å². The Balaban J connectivity index is 1.70. The van der Waals surface area contributed by atoms with E-state index in [9.17, 15) is 9.59 Å². The lowest BCUT2D eigenvalue weighted by atomic mass is 10.1. The molecule has 4 rings (SSSR count). The summed E-state index contributed by atoms with van der Waals surface area (Å²) < 4.78 is 1.86. The number of aromatic nitrogens is 3. The van der Waals surface area contributed by atoms with Crippen LogP contribution in [0.5, 0.6) is 0 Å². The molecule has 2 heterocycles. The molecule has 41 heavy (non-hydrogen) atoms. The van der Waals surface area contributed by atoms with Gasteiger partial charge in [-0.05, 0) is 67.4 Å². The minimum absolute atomic E-state index is 0.00225. The number of likely N-dealkylation sites (N-methyl/N-ethyl adjacent to an activating group) is 1. The summed E-state index contributed by atoms with van der Waals surface area (Å²) in [5.41, 5.74) is 21.4. The van der Waals surface area contributed by atoms with Gasteiger partial charge < -0.3 is 31.6 Å². The topological polar surface area (TPSA) is 162 Å². The largest absolute Gasteiger partial charge is 0.378 e. The number of carbonyl (C=O) groups is 2. The molecule has 0 unspecified atom stereocenters. The number of imidazole rings is 1. The predicted octanol–water partition coefficient (Wildman–Crippen LogP) is 2.56. The number of amides is 2. The minimum atomic E-state index is -0.694. The molecule has 0 bridgehead atoms. The third kappa shape index (κ3) is 6.99. The second kappa shape index (κ2) is 12.9. The average Bonchev–Trinajstić information content (AvgIpc) is 3.34. The van der Waals surface area contributed by atoms with Crippen molar-refractivity contribution >= 4 is 34.5 Å². The molecule has 0 saturated carbocycles. The number of nitrogens with zero attached hydrogens (tertiary/aromatic N) is 6. The summed E-state index contributed by atoms with van der Waals surface area (Å²) in [4.78, 5) is 43.0. The Labute approximate surface area is 239 Å². The van der Waals surface area contributed by atoms with Crippen LogP contribution in [0.3, 0.4) is 0 Å². The first-order valence-electron chi connectivity index (χ1n) is 13.5. The summed E-state index contributed by atoms with van der Waals surface area (Å²) in [7, 11) is 5.71. The van der Waals surface area contributed by atoms with Crippen molar-refractivity contribution in [3.63, 3.8) is 0 Å². The highest BCUT2D eigenvalue weighted by atomic mass is 16.2. The van der Waals surface area contributed by atoms with Crippen molar-refractivity contribution in [1.29, 1.82) is 0 Å². The van der Waals surface area contributed by atoms with Crippen molar-refractivity contribution in [3.05, 3.63) is 78.1 Å². The lowest BCUT2D eigenvalue weighted by Gasteiger charge is -2.20. The molecule has 6 N–H and O–H groups in total. The van der Waals surface area contributed by atoms with Gasteiger partial charge in [-0.15, -0.1) is 0 Å². The van der Waals surface area contributed by atoms with Crippen LogP contribution in [-0.4, -0.2) is 71.4 Å². The fraction of sp³-hybridized carbons (Fsp3) is 0.300. The summed E-state index contributed by atoms with van der Waals surface area (Å²) in [6.45, 7) is 0.889. The molecule has 0 radical (unpaired) electrons. The molecule has 1 atom stereocenters. The Bertz CT molecular complexity index is 1530. The summed E-state index contributed by atoms with van der Waals surface area (Å²) >= 11 is 0. The molecule has 0 spiro atoms. The van der Waals surface area contributed by atoms with E-state index >= 15 is 0 Å². The number of pyridine rings is 1. The second-order valence-electron chi connectivity index (χ2n) is 10.1. The predicted molar refractivity (Wildman–Crippen MR) is 163 cm³/mol. The van der Waals surface area contributed by atoms with E-state index < -0.39 is 11.9 Å². The van der Waals surface area contributed by atoms with Crippen LogP contribution in [0.4, 0.5) is 5.69 Å². The highest BCUT2D eigenvalue weighted by molar-refractivity contribution is 5.98. The number of rotatable bonds is 12. The van der Waals surface area contributed by atoms with Crippen molar-refractivity contribution in [3.8, 4) is 11.4 Å². The van der Waals surface area contributed by atoms with E-state index in [1.165, 1.54) is 0 Å². The quantitative estimate of drug-likeness (QED) is 0.137. The van der Waals surface area contributed by atoms with Gasteiger partial charge in [0.2, 0.25) is 5.91 Å². The number of fused-ring (bicyclic) bond motifs is 1. The van der Waals surface area contributed by atoms with Gasteiger partial charge in [0.25, 0.3) is 5.91 Å². The number of aliphatic imine (C=N–C) groups is 1. The molecule has 214 valence electrons. The zero-order valence-corrected chi connectivity index (χ0v) is 23.7. The zero-order valence-electron chi connectivity index (χ0n) is 23.7. The van der Waals surface area contributed by atoms with Crippen LogP contribution in [-0.2, 0) is 11.2 Å². The first-order chi connectivity index (χ1) is 19.7. The lowest BCUT2D eigenvalue weighted by Crippen LogP contribution is -2.29. The second-order valence-corrected chi connectivity index (χ2v) is 10.1. The van der Waals surface area contributed by atoms with Gasteiger partial charge in [0.1, 0.15) is 11.9 Å². The van der Waals surface area contributed by atoms with Crippen LogP contribution in [0.1, 0.15) is 34.9 Å². The van der Waals surface area contributed by atoms with E-state index in [4.69, 9.17) is 22.2 Å². The highest BCUT2D eigenvalue weighted by Gasteiger charge is 2.25. The number of primary amides is 1. The maximum Gasteiger partial charge on any atom is 0.253 e. The van der Waals surface area contributed by atoms with Gasteiger partial charge in [-0.1, -0.05) is 6.07 Å². The smallest absolute Gasteiger partial charge is 0.253 e. The van der Waals surface area contributed by atoms with Gasteiger partial charge in [0, 0.05) is 69.4 Å². The molecular weight excluding hydrogens is 518 g/mol. The molecule has 0 saturated heterocycles. The number of benzene rings is 2. The Kier molecular flexibility index (Phi) is 9.18. The average molecular weight is 556 g/mol. The number of nitrogens with two attached hydrogens (primary N) is 3. The monoisotopic (exact) mass is 555 g/mol. The molecule has 2 amide bonds. The molecule has 11 heteroatoms. The zero-order chi connectivity index (χ0) is 29.5. The third-order valence-corrected chi connectivity index (χ3v) is 6.92. The Morgan fingerprint density at radius 2 is 1.76 bits per heavy atom. The van der Waals surface area contributed by atoms with Crippen LogP contribution in [0.15, 0.2) is 71.9 Å². The molecule has 11 nitrogen and oxygen atoms in total. The molecule has 0 fully saturated rings. The van der Waals surface area contributed by atoms with Crippen molar-refractivity contribution in [2.75, 3.05) is 39.1 Å². The van der Waals surface area contributed by atoms with Crippen molar-refractivity contribution in [2.24, 2.45) is 22.2 Å². The first-order valence-corrected chi connectivity index (χ1v) is 13.5. The highest BCUT2D eigenvalue weighted by Crippen LogP contribution is 2.32. The molecule has 4 aromatic rings. The first kappa shape index (κ1) is 29.1. The van der Waals surface area contributed by atoms with Crippen molar-refractivity contribution < 1.29 is 9.59 Å². The van der Waals surface area contributed by atoms with Crippen LogP contribution in [0.25, 0.3) is 22.4 Å². The van der Waals surface area contributed by atoms with Crippen LogP contribution < -0.4 is 22.1 Å². The summed E-state index contributed by atoms with van der Waals surface area (Å²) in [6, 6.07) is 18.3. The maximum absolute atomic E-state index is 13.3. The van der Waals surface area contributed by atoms with Gasteiger partial charge in [-0.2, -0.15) is 0 Å². The van der Waals surface area contributed by atoms with Crippen LogP contribution in [0.2, 0.25) is 0 Å². The Morgan fingerprint density at radius 1 is 1.00 bits per heavy atom. The summed E-state index contributed by atoms with van der Waals surface area (Å²) in [6.07, 6.45) is 3.35. The minimum Gasteiger partial charge on any atom is -0.378 e. The number of carbonyl (C=O) groups excluding carboxylic acids is 2. The van der Waals surface area contributed by atoms with Crippen molar-refractivity contribution in [2.45, 2.75) is 25.3 Å². The van der Waals surface area contributed by atoms with E-state index in [1.54, 1.807) is 30.3 Å². The standard InChI is InChI=1S/C30H37N9O2/c1-37(2)23-12-9-20(10-13-23)28-36-24-19-21(29(41)38(3)18-15-22-7-4-5-16-34-22)11-14-25(24)39(28)26(27(31)40)8-6-17-35-30(32)33/h4-5,7,9-14,16,19,26H,6,8,15,17-18H2,1-3H3,(H2,31,40)(H4,32,33,35)/t26-/m1/s1. The molecule has 2 aromatic heterocycles. The van der Waals surface area contributed by atoms with E-state index in [0.29, 0.717) is 54.8 Å². The normalized spacial score (nSPS) is 11.7. The van der Waals surface area contributed by atoms with E-state index in [0.717, 1.165) is 16.9 Å². The number of hydrogen-bond donors (Lipinski definition) is 3. The van der Waals surface area contributed by atoms with Crippen LogP contribution in [0, 0.1) is 0 Å². The van der Waals surface area contributed by atoms with E-state index in [1.807, 2.05) is 72.1 Å². The number of guanidine groups is 1. The Hall–Kier alpha value is -4.93.